The molecule has 0 saturated carbocycles. The first-order chi connectivity index (χ1) is 24.1. The fraction of sp³-hybridized carbons (Fsp3) is 0.262. The summed E-state index contributed by atoms with van der Waals surface area (Å²) >= 11 is 0. The minimum absolute atomic E-state index is 0.0465. The summed E-state index contributed by atoms with van der Waals surface area (Å²) in [6, 6.07) is 39.3. The number of fused-ring (bicyclic) bond motifs is 1. The van der Waals surface area contributed by atoms with Crippen LogP contribution < -0.4 is 10.1 Å². The van der Waals surface area contributed by atoms with Crippen LogP contribution in [0.1, 0.15) is 68.4 Å². The molecule has 2 aromatic heterocycles. The lowest BCUT2D eigenvalue weighted by Crippen LogP contribution is -2.38. The maximum atomic E-state index is 9.68. The van der Waals surface area contributed by atoms with Gasteiger partial charge in [-0.15, -0.1) is 0 Å². The van der Waals surface area contributed by atoms with E-state index < -0.39 is 5.54 Å². The van der Waals surface area contributed by atoms with Crippen LogP contribution in [-0.2, 0) is 17.3 Å². The van der Waals surface area contributed by atoms with Gasteiger partial charge in [-0.1, -0.05) is 131 Å². The molecule has 1 saturated heterocycles. The van der Waals surface area contributed by atoms with Crippen LogP contribution in [0.25, 0.3) is 10.9 Å². The number of aromatic nitrogens is 3. The van der Waals surface area contributed by atoms with Crippen molar-refractivity contribution in [3.63, 3.8) is 0 Å². The molecule has 3 heterocycles. The molecule has 7 rings (SSSR count). The SMILES string of the molecule is CC.CC.Cn1ncc2ccc(C(=N)c3c(NC(c4ccccc4)(c4ccccc4)c4ccccc4)ccnc3OC3CCOCC3)cc21. The summed E-state index contributed by atoms with van der Waals surface area (Å²) in [6.45, 7) is 9.29. The molecular weight excluding hydrogens is 606 g/mol. The van der Waals surface area contributed by atoms with Crippen LogP contribution >= 0.6 is 0 Å². The Hall–Kier alpha value is -5.27. The largest absolute Gasteiger partial charge is 0.474 e. The number of anilines is 1. The Morgan fingerprint density at radius 1 is 0.796 bits per heavy atom. The van der Waals surface area contributed by atoms with E-state index >= 15 is 0 Å². The van der Waals surface area contributed by atoms with Gasteiger partial charge in [0, 0.05) is 37.0 Å². The van der Waals surface area contributed by atoms with Gasteiger partial charge in [-0.25, -0.2) is 4.98 Å². The van der Waals surface area contributed by atoms with Gasteiger partial charge in [0.2, 0.25) is 5.88 Å². The van der Waals surface area contributed by atoms with Gasteiger partial charge in [0.05, 0.1) is 41.9 Å². The summed E-state index contributed by atoms with van der Waals surface area (Å²) in [4.78, 5) is 4.74. The molecule has 1 fully saturated rings. The van der Waals surface area contributed by atoms with Crippen molar-refractivity contribution in [3.8, 4) is 5.88 Å². The standard InChI is InChI=1S/C38H35N5O2.2C2H6/c1-43-34-25-27(17-18-28(34)26-41-43)36(39)35-33(19-22-40-37(35)45-32-20-23-44-24-21-32)42-38(29-11-5-2-6-12-29,30-13-7-3-8-14-30)31-15-9-4-10-16-31;2*1-2/h2-19,22,25-26,32,39H,20-21,23-24H2,1H3,(H,40,42);2*1-2H3. The highest BCUT2D eigenvalue weighted by Crippen LogP contribution is 2.42. The normalized spacial score (nSPS) is 13.0. The Morgan fingerprint density at radius 2 is 1.35 bits per heavy atom. The number of rotatable bonds is 9. The second-order valence-electron chi connectivity index (χ2n) is 11.4. The van der Waals surface area contributed by atoms with Crippen LogP contribution in [0.3, 0.4) is 0 Å². The first-order valence-electron chi connectivity index (χ1n) is 17.3. The van der Waals surface area contributed by atoms with Crippen molar-refractivity contribution in [1.82, 2.24) is 14.8 Å². The van der Waals surface area contributed by atoms with Crippen molar-refractivity contribution in [2.45, 2.75) is 52.2 Å². The molecule has 0 radical (unpaired) electrons. The smallest absolute Gasteiger partial charge is 0.225 e. The number of ether oxygens (including phenoxy) is 2. The van der Waals surface area contributed by atoms with Crippen LogP contribution in [-0.4, -0.2) is 39.8 Å². The monoisotopic (exact) mass is 653 g/mol. The summed E-state index contributed by atoms with van der Waals surface area (Å²) in [5.74, 6) is 0.435. The van der Waals surface area contributed by atoms with E-state index in [0.29, 0.717) is 30.4 Å². The first-order valence-corrected chi connectivity index (χ1v) is 17.3. The molecule has 49 heavy (non-hydrogen) atoms. The number of hydrogen-bond acceptors (Lipinski definition) is 6. The van der Waals surface area contributed by atoms with Crippen molar-refractivity contribution in [3.05, 3.63) is 155 Å². The molecule has 1 aliphatic heterocycles. The molecule has 1 aliphatic rings. The summed E-state index contributed by atoms with van der Waals surface area (Å²) in [7, 11) is 1.92. The average molecular weight is 654 g/mol. The fourth-order valence-electron chi connectivity index (χ4n) is 6.26. The molecule has 2 N–H and O–H groups in total. The van der Waals surface area contributed by atoms with E-state index in [9.17, 15) is 5.41 Å². The van der Waals surface area contributed by atoms with Gasteiger partial charge in [0.25, 0.3) is 0 Å². The van der Waals surface area contributed by atoms with Gasteiger partial charge in [0.1, 0.15) is 11.6 Å². The molecule has 7 nitrogen and oxygen atoms in total. The Labute approximate surface area is 290 Å². The zero-order valence-electron chi connectivity index (χ0n) is 29.2. The highest BCUT2D eigenvalue weighted by molar-refractivity contribution is 6.16. The molecule has 4 aromatic carbocycles. The minimum Gasteiger partial charge on any atom is -0.474 e. The van der Waals surface area contributed by atoms with E-state index in [4.69, 9.17) is 14.5 Å². The van der Waals surface area contributed by atoms with Crippen LogP contribution in [0.2, 0.25) is 0 Å². The molecule has 0 unspecified atom stereocenters. The van der Waals surface area contributed by atoms with Crippen molar-refractivity contribution >= 4 is 22.3 Å². The summed E-state index contributed by atoms with van der Waals surface area (Å²) in [6.07, 6.45) is 5.11. The average Bonchev–Trinajstić information content (AvgIpc) is 3.56. The Morgan fingerprint density at radius 3 is 1.90 bits per heavy atom. The van der Waals surface area contributed by atoms with Crippen LogP contribution in [0, 0.1) is 5.41 Å². The predicted molar refractivity (Wildman–Crippen MR) is 201 cm³/mol. The number of aryl methyl sites for hydroxylation is 1. The van der Waals surface area contributed by atoms with Crippen LogP contribution in [0.15, 0.2) is 128 Å². The second-order valence-corrected chi connectivity index (χ2v) is 11.4. The van der Waals surface area contributed by atoms with E-state index in [2.05, 4.69) is 83.2 Å². The number of pyridine rings is 1. The maximum absolute atomic E-state index is 9.68. The number of nitrogens with one attached hydrogen (secondary N) is 2. The van der Waals surface area contributed by atoms with E-state index in [1.54, 1.807) is 6.20 Å². The van der Waals surface area contributed by atoms with Gasteiger partial charge in [-0.2, -0.15) is 5.10 Å². The zero-order chi connectivity index (χ0) is 34.6. The van der Waals surface area contributed by atoms with Crippen LogP contribution in [0.4, 0.5) is 5.69 Å². The Kier molecular flexibility index (Phi) is 12.0. The molecule has 0 spiro atoms. The van der Waals surface area contributed by atoms with E-state index in [1.165, 1.54) is 0 Å². The van der Waals surface area contributed by atoms with Gasteiger partial charge in [-0.3, -0.25) is 10.1 Å². The molecule has 0 bridgehead atoms. The maximum Gasteiger partial charge on any atom is 0.225 e. The third-order valence-corrected chi connectivity index (χ3v) is 8.59. The molecule has 0 atom stereocenters. The Bertz CT molecular complexity index is 1820. The quantitative estimate of drug-likeness (QED) is 0.120. The third-order valence-electron chi connectivity index (χ3n) is 8.59. The number of nitrogens with zero attached hydrogens (tertiary/aromatic N) is 3. The molecule has 0 amide bonds. The predicted octanol–water partition coefficient (Wildman–Crippen LogP) is 9.40. The van der Waals surface area contributed by atoms with Gasteiger partial charge in [0.15, 0.2) is 0 Å². The zero-order valence-corrected chi connectivity index (χ0v) is 29.2. The van der Waals surface area contributed by atoms with Gasteiger partial charge in [-0.05, 0) is 28.8 Å². The molecule has 7 heteroatoms. The topological polar surface area (TPSA) is 85.1 Å². The number of benzene rings is 4. The summed E-state index contributed by atoms with van der Waals surface area (Å²) in [5, 5.41) is 19.1. The molecular formula is C42H47N5O2. The molecule has 6 aromatic rings. The molecule has 252 valence electrons. The van der Waals surface area contributed by atoms with Crippen molar-refractivity contribution in [2.24, 2.45) is 7.05 Å². The highest BCUT2D eigenvalue weighted by Gasteiger charge is 2.38. The van der Waals surface area contributed by atoms with Gasteiger partial charge < -0.3 is 14.8 Å². The first kappa shape index (κ1) is 35.0. The van der Waals surface area contributed by atoms with Crippen LogP contribution in [0.5, 0.6) is 5.88 Å². The Balaban J connectivity index is 0.00000113. The van der Waals surface area contributed by atoms with Crippen molar-refractivity contribution in [2.75, 3.05) is 18.5 Å². The summed E-state index contributed by atoms with van der Waals surface area (Å²) < 4.78 is 14.0. The lowest BCUT2D eigenvalue weighted by atomic mass is 9.76. The minimum atomic E-state index is -0.790. The van der Waals surface area contributed by atoms with E-state index in [-0.39, 0.29) is 6.10 Å². The third kappa shape index (κ3) is 7.42. The lowest BCUT2D eigenvalue weighted by molar-refractivity contribution is 0.0237. The van der Waals surface area contributed by atoms with E-state index in [0.717, 1.165) is 51.7 Å². The summed E-state index contributed by atoms with van der Waals surface area (Å²) in [5.41, 5.74) is 5.80. The highest BCUT2D eigenvalue weighted by atomic mass is 16.5. The van der Waals surface area contributed by atoms with Crippen molar-refractivity contribution in [1.29, 1.82) is 5.41 Å². The lowest BCUT2D eigenvalue weighted by Gasteiger charge is -2.38. The van der Waals surface area contributed by atoms with E-state index in [1.807, 2.05) is 88.1 Å². The fourth-order valence-corrected chi connectivity index (χ4v) is 6.26. The van der Waals surface area contributed by atoms with Crippen molar-refractivity contribution < 1.29 is 9.47 Å². The number of hydrogen-bond donors (Lipinski definition) is 2. The second kappa shape index (κ2) is 16.7. The van der Waals surface area contributed by atoms with Gasteiger partial charge >= 0.3 is 0 Å². The molecule has 0 aliphatic carbocycles.